The molecule has 2 N–H and O–H groups in total. The average molecular weight is 321 g/mol. The van der Waals surface area contributed by atoms with Gasteiger partial charge in [-0.25, -0.2) is 0 Å². The van der Waals surface area contributed by atoms with Gasteiger partial charge < -0.3 is 10.4 Å². The molecule has 0 bridgehead atoms. The first kappa shape index (κ1) is 17.3. The summed E-state index contributed by atoms with van der Waals surface area (Å²) in [5, 5.41) is 12.2. The summed E-state index contributed by atoms with van der Waals surface area (Å²) in [5.41, 5.74) is 1.86. The molecule has 1 heterocycles. The zero-order valence-corrected chi connectivity index (χ0v) is 12.8. The number of alkyl halides is 2. The van der Waals surface area contributed by atoms with Gasteiger partial charge in [0, 0.05) is 6.42 Å². The largest absolute Gasteiger partial charge is 0.385 e. The summed E-state index contributed by atoms with van der Waals surface area (Å²) >= 11 is 0. The molecule has 0 aliphatic carbocycles. The standard InChI is InChI=1S/C18H21F2NO2/c1-13(6-5-9-14-7-3-2-4-8-14)16(22)11-10-15-12-18(19,20)17(23)21-15/h2-4,7-8,10-11,15-16,22H,1,5-6,9,12H2,(H,21,23)/b11-10+/t15-,16+/m0/s1. The lowest BCUT2D eigenvalue weighted by atomic mass is 10.0. The summed E-state index contributed by atoms with van der Waals surface area (Å²) in [6, 6.07) is 9.26. The third kappa shape index (κ3) is 4.99. The van der Waals surface area contributed by atoms with Crippen LogP contribution in [0.15, 0.2) is 54.6 Å². The molecule has 0 unspecified atom stereocenters. The van der Waals surface area contributed by atoms with Crippen LogP contribution in [0.4, 0.5) is 8.78 Å². The first-order valence-electron chi connectivity index (χ1n) is 7.65. The number of aryl methyl sites for hydroxylation is 1. The summed E-state index contributed by atoms with van der Waals surface area (Å²) in [5.74, 6) is -4.59. The molecule has 1 fully saturated rings. The minimum atomic E-state index is -3.33. The first-order valence-corrected chi connectivity index (χ1v) is 7.65. The quantitative estimate of drug-likeness (QED) is 0.759. The maximum atomic E-state index is 13.1. The predicted molar refractivity (Wildman–Crippen MR) is 85.2 cm³/mol. The van der Waals surface area contributed by atoms with Crippen LogP contribution in [-0.2, 0) is 11.2 Å². The van der Waals surface area contributed by atoms with E-state index >= 15 is 0 Å². The Bertz CT molecular complexity index is 584. The van der Waals surface area contributed by atoms with Gasteiger partial charge in [0.05, 0.1) is 12.1 Å². The van der Waals surface area contributed by atoms with Crippen molar-refractivity contribution < 1.29 is 18.7 Å². The van der Waals surface area contributed by atoms with Crippen LogP contribution in [0.2, 0.25) is 0 Å². The molecular weight excluding hydrogens is 300 g/mol. The molecule has 0 aromatic heterocycles. The van der Waals surface area contributed by atoms with Crippen molar-refractivity contribution >= 4 is 5.91 Å². The van der Waals surface area contributed by atoms with Crippen molar-refractivity contribution in [3.63, 3.8) is 0 Å². The van der Waals surface area contributed by atoms with Gasteiger partial charge >= 0.3 is 5.92 Å². The minimum Gasteiger partial charge on any atom is -0.385 e. The molecule has 0 spiro atoms. The highest BCUT2D eigenvalue weighted by molar-refractivity contribution is 5.86. The first-order chi connectivity index (χ1) is 10.9. The van der Waals surface area contributed by atoms with E-state index in [1.165, 1.54) is 17.7 Å². The van der Waals surface area contributed by atoms with Crippen LogP contribution in [0.1, 0.15) is 24.8 Å². The van der Waals surface area contributed by atoms with Gasteiger partial charge in [-0.15, -0.1) is 0 Å². The second kappa shape index (κ2) is 7.51. The predicted octanol–water partition coefficient (Wildman–Crippen LogP) is 3.01. The van der Waals surface area contributed by atoms with Gasteiger partial charge in [0.1, 0.15) is 0 Å². The Morgan fingerprint density at radius 2 is 2.13 bits per heavy atom. The SMILES string of the molecule is C=C(CCCc1ccccc1)[C@H](O)/C=C/[C@H]1CC(F)(F)C(=O)N1. The van der Waals surface area contributed by atoms with Gasteiger partial charge in [0.15, 0.2) is 0 Å². The van der Waals surface area contributed by atoms with E-state index in [0.717, 1.165) is 12.8 Å². The Morgan fingerprint density at radius 3 is 2.74 bits per heavy atom. The minimum absolute atomic E-state index is 0.574. The number of aliphatic hydroxyl groups excluding tert-OH is 1. The summed E-state index contributed by atoms with van der Waals surface area (Å²) in [6.07, 6.45) is 3.75. The van der Waals surface area contributed by atoms with Gasteiger partial charge in [0.2, 0.25) is 0 Å². The fourth-order valence-electron chi connectivity index (χ4n) is 2.50. The molecule has 1 aliphatic heterocycles. The normalized spacial score (nSPS) is 21.3. The van der Waals surface area contributed by atoms with Crippen molar-refractivity contribution in [3.05, 3.63) is 60.2 Å². The van der Waals surface area contributed by atoms with E-state index in [0.29, 0.717) is 12.0 Å². The van der Waals surface area contributed by atoms with Crippen molar-refractivity contribution in [1.82, 2.24) is 5.32 Å². The molecule has 5 heteroatoms. The topological polar surface area (TPSA) is 49.3 Å². The molecular formula is C18H21F2NO2. The van der Waals surface area contributed by atoms with Crippen molar-refractivity contribution in [3.8, 4) is 0 Å². The zero-order chi connectivity index (χ0) is 16.9. The molecule has 2 atom stereocenters. The molecule has 1 aliphatic rings. The fourth-order valence-corrected chi connectivity index (χ4v) is 2.50. The number of rotatable bonds is 7. The van der Waals surface area contributed by atoms with Crippen molar-refractivity contribution in [2.24, 2.45) is 0 Å². The second-order valence-electron chi connectivity index (χ2n) is 5.82. The highest BCUT2D eigenvalue weighted by Gasteiger charge is 2.47. The van der Waals surface area contributed by atoms with Crippen LogP contribution in [0.25, 0.3) is 0 Å². The Labute approximate surface area is 134 Å². The van der Waals surface area contributed by atoms with Gasteiger partial charge in [0.25, 0.3) is 5.91 Å². The van der Waals surface area contributed by atoms with Crippen LogP contribution in [0.3, 0.4) is 0 Å². The number of hydrogen-bond acceptors (Lipinski definition) is 2. The van der Waals surface area contributed by atoms with E-state index in [2.05, 4.69) is 11.9 Å². The molecule has 1 aromatic carbocycles. The lowest BCUT2D eigenvalue weighted by Crippen LogP contribution is -2.30. The number of hydrogen-bond donors (Lipinski definition) is 2. The average Bonchev–Trinajstić information content (AvgIpc) is 2.78. The molecule has 2 rings (SSSR count). The van der Waals surface area contributed by atoms with E-state index in [4.69, 9.17) is 0 Å². The third-order valence-corrected chi connectivity index (χ3v) is 3.88. The Morgan fingerprint density at radius 1 is 1.43 bits per heavy atom. The van der Waals surface area contributed by atoms with Crippen molar-refractivity contribution in [2.45, 2.75) is 43.8 Å². The van der Waals surface area contributed by atoms with Crippen LogP contribution in [0, 0.1) is 0 Å². The highest BCUT2D eigenvalue weighted by Crippen LogP contribution is 2.27. The van der Waals surface area contributed by atoms with E-state index in [1.54, 1.807) is 0 Å². The molecule has 0 saturated carbocycles. The molecule has 23 heavy (non-hydrogen) atoms. The zero-order valence-electron chi connectivity index (χ0n) is 12.8. The van der Waals surface area contributed by atoms with E-state index in [9.17, 15) is 18.7 Å². The van der Waals surface area contributed by atoms with Crippen LogP contribution < -0.4 is 5.32 Å². The smallest absolute Gasteiger partial charge is 0.326 e. The van der Waals surface area contributed by atoms with Gasteiger partial charge in [-0.3, -0.25) is 4.79 Å². The number of aliphatic hydroxyl groups is 1. The summed E-state index contributed by atoms with van der Waals surface area (Å²) in [6.45, 7) is 3.84. The monoisotopic (exact) mass is 321 g/mol. The van der Waals surface area contributed by atoms with Gasteiger partial charge in [-0.1, -0.05) is 49.1 Å². The molecule has 3 nitrogen and oxygen atoms in total. The number of carbonyl (C=O) groups excluding carboxylic acids is 1. The molecule has 124 valence electrons. The number of halogens is 2. The number of nitrogens with one attached hydrogen (secondary N) is 1. The van der Waals surface area contributed by atoms with Crippen LogP contribution >= 0.6 is 0 Å². The van der Waals surface area contributed by atoms with Crippen molar-refractivity contribution in [1.29, 1.82) is 0 Å². The van der Waals surface area contributed by atoms with Crippen LogP contribution in [0.5, 0.6) is 0 Å². The van der Waals surface area contributed by atoms with Crippen molar-refractivity contribution in [2.75, 3.05) is 0 Å². The number of amides is 1. The third-order valence-electron chi connectivity index (χ3n) is 3.88. The molecule has 0 radical (unpaired) electrons. The molecule has 1 aromatic rings. The van der Waals surface area contributed by atoms with E-state index in [1.807, 2.05) is 30.3 Å². The Hall–Kier alpha value is -2.01. The lowest BCUT2D eigenvalue weighted by Gasteiger charge is -2.11. The van der Waals surface area contributed by atoms with Crippen LogP contribution in [-0.4, -0.2) is 29.1 Å². The second-order valence-corrected chi connectivity index (χ2v) is 5.82. The Kier molecular flexibility index (Phi) is 5.66. The lowest BCUT2D eigenvalue weighted by molar-refractivity contribution is -0.139. The highest BCUT2D eigenvalue weighted by atomic mass is 19.3. The summed E-state index contributed by atoms with van der Waals surface area (Å²) < 4.78 is 26.1. The van der Waals surface area contributed by atoms with E-state index < -0.39 is 30.4 Å². The van der Waals surface area contributed by atoms with Gasteiger partial charge in [-0.2, -0.15) is 8.78 Å². The Balaban J connectivity index is 1.75. The van der Waals surface area contributed by atoms with Gasteiger partial charge in [-0.05, 0) is 30.4 Å². The maximum absolute atomic E-state index is 13.1. The summed E-state index contributed by atoms with van der Waals surface area (Å²) in [7, 11) is 0. The van der Waals surface area contributed by atoms with E-state index in [-0.39, 0.29) is 0 Å². The molecule has 1 saturated heterocycles. The molecule has 1 amide bonds. The maximum Gasteiger partial charge on any atom is 0.326 e. The number of carbonyl (C=O) groups is 1. The fraction of sp³-hybridized carbons (Fsp3) is 0.389. The number of benzene rings is 1. The summed E-state index contributed by atoms with van der Waals surface area (Å²) in [4.78, 5) is 11.0.